The van der Waals surface area contributed by atoms with Gasteiger partial charge in [-0.25, -0.2) is 4.39 Å². The molecule has 0 aliphatic rings. The molecule has 1 aromatic heterocycles. The van der Waals surface area contributed by atoms with E-state index in [1.54, 1.807) is 7.11 Å². The minimum Gasteiger partial charge on any atom is -0.494 e. The summed E-state index contributed by atoms with van der Waals surface area (Å²) in [5, 5.41) is 1.15. The summed E-state index contributed by atoms with van der Waals surface area (Å²) in [5.41, 5.74) is 5.54. The fourth-order valence-electron chi connectivity index (χ4n) is 3.19. The number of halogens is 1. The average Bonchev–Trinajstić information content (AvgIpc) is 2.58. The Hall–Kier alpha value is -2.42. The van der Waals surface area contributed by atoms with E-state index in [-0.39, 0.29) is 5.82 Å². The lowest BCUT2D eigenvalue weighted by Crippen LogP contribution is -1.98. The number of rotatable bonds is 5. The first-order chi connectivity index (χ1) is 11.6. The van der Waals surface area contributed by atoms with Gasteiger partial charge in [-0.15, -0.1) is 0 Å². The van der Waals surface area contributed by atoms with E-state index in [4.69, 9.17) is 4.74 Å². The Labute approximate surface area is 142 Å². The molecule has 2 nitrogen and oxygen atoms in total. The van der Waals surface area contributed by atoms with Crippen molar-refractivity contribution in [3.8, 4) is 5.75 Å². The maximum absolute atomic E-state index is 13.1. The molecule has 0 aliphatic heterocycles. The number of hydrogen-bond donors (Lipinski definition) is 0. The van der Waals surface area contributed by atoms with Crippen LogP contribution in [0.5, 0.6) is 5.75 Å². The summed E-state index contributed by atoms with van der Waals surface area (Å²) in [6, 6.07) is 11.0. The summed E-state index contributed by atoms with van der Waals surface area (Å²) in [4.78, 5) is 4.67. The van der Waals surface area contributed by atoms with Crippen LogP contribution in [0.1, 0.15) is 35.6 Å². The van der Waals surface area contributed by atoms with E-state index in [0.717, 1.165) is 52.6 Å². The van der Waals surface area contributed by atoms with Gasteiger partial charge in [-0.05, 0) is 60.2 Å². The predicted octanol–water partition coefficient (Wildman–Crippen LogP) is 5.23. The highest BCUT2D eigenvalue weighted by molar-refractivity contribution is 5.89. The fraction of sp³-hybridized carbons (Fsp3) is 0.286. The number of fused-ring (bicyclic) bond motifs is 1. The van der Waals surface area contributed by atoms with Gasteiger partial charge in [0, 0.05) is 11.6 Å². The lowest BCUT2D eigenvalue weighted by molar-refractivity contribution is 0.415. The Morgan fingerprint density at radius 3 is 2.50 bits per heavy atom. The first-order valence-corrected chi connectivity index (χ1v) is 8.32. The van der Waals surface area contributed by atoms with Crippen molar-refractivity contribution in [1.82, 2.24) is 4.98 Å². The van der Waals surface area contributed by atoms with E-state index in [1.807, 2.05) is 18.3 Å². The second-order valence-electron chi connectivity index (χ2n) is 6.18. The molecular weight excluding hydrogens is 301 g/mol. The van der Waals surface area contributed by atoms with E-state index < -0.39 is 0 Å². The highest BCUT2D eigenvalue weighted by Crippen LogP contribution is 2.32. The Kier molecular flexibility index (Phi) is 4.79. The van der Waals surface area contributed by atoms with Crippen LogP contribution in [0, 0.1) is 12.7 Å². The molecule has 0 N–H and O–H groups in total. The van der Waals surface area contributed by atoms with E-state index in [9.17, 15) is 4.39 Å². The van der Waals surface area contributed by atoms with Crippen molar-refractivity contribution < 1.29 is 9.13 Å². The Bertz CT molecular complexity index is 856. The van der Waals surface area contributed by atoms with Crippen LogP contribution in [0.4, 0.5) is 4.39 Å². The lowest BCUT2D eigenvalue weighted by Gasteiger charge is -2.14. The third kappa shape index (κ3) is 3.25. The minimum atomic E-state index is -0.208. The molecule has 3 aromatic rings. The number of pyridine rings is 1. The van der Waals surface area contributed by atoms with Gasteiger partial charge in [-0.2, -0.15) is 0 Å². The van der Waals surface area contributed by atoms with Crippen LogP contribution in [-0.4, -0.2) is 12.1 Å². The predicted molar refractivity (Wildman–Crippen MR) is 96.2 cm³/mol. The molecule has 3 rings (SSSR count). The molecule has 0 atom stereocenters. The molecule has 2 aromatic carbocycles. The molecule has 0 unspecified atom stereocenters. The zero-order chi connectivity index (χ0) is 17.1. The first-order valence-electron chi connectivity index (χ1n) is 8.32. The van der Waals surface area contributed by atoms with Gasteiger partial charge in [0.2, 0.25) is 0 Å². The van der Waals surface area contributed by atoms with Crippen molar-refractivity contribution in [3.05, 3.63) is 70.7 Å². The van der Waals surface area contributed by atoms with Crippen LogP contribution in [-0.2, 0) is 12.8 Å². The molecule has 0 saturated carbocycles. The summed E-state index contributed by atoms with van der Waals surface area (Å²) in [6.07, 6.45) is 4.74. The van der Waals surface area contributed by atoms with E-state index >= 15 is 0 Å². The summed E-state index contributed by atoms with van der Waals surface area (Å²) < 4.78 is 18.6. The quantitative estimate of drug-likeness (QED) is 0.641. The highest BCUT2D eigenvalue weighted by atomic mass is 19.1. The number of aromatic nitrogens is 1. The van der Waals surface area contributed by atoms with E-state index in [2.05, 4.69) is 31.0 Å². The SMILES string of the molecule is CCCc1cc(C)c(OC)c2ncc(Cc3ccc(F)cc3)cc12. The molecule has 0 bridgehead atoms. The Balaban J connectivity index is 2.06. The van der Waals surface area contributed by atoms with Gasteiger partial charge in [0.1, 0.15) is 17.1 Å². The van der Waals surface area contributed by atoms with Gasteiger partial charge < -0.3 is 4.74 Å². The maximum atomic E-state index is 13.1. The molecule has 0 radical (unpaired) electrons. The number of ether oxygens (including phenoxy) is 1. The van der Waals surface area contributed by atoms with Gasteiger partial charge in [0.25, 0.3) is 0 Å². The number of methoxy groups -OCH3 is 1. The lowest BCUT2D eigenvalue weighted by atomic mass is 9.97. The van der Waals surface area contributed by atoms with Crippen molar-refractivity contribution >= 4 is 10.9 Å². The van der Waals surface area contributed by atoms with E-state index in [0.29, 0.717) is 0 Å². The minimum absolute atomic E-state index is 0.208. The molecule has 124 valence electrons. The average molecular weight is 323 g/mol. The monoisotopic (exact) mass is 323 g/mol. The van der Waals surface area contributed by atoms with E-state index in [1.165, 1.54) is 17.7 Å². The summed E-state index contributed by atoms with van der Waals surface area (Å²) >= 11 is 0. The second kappa shape index (κ2) is 7.00. The van der Waals surface area contributed by atoms with Crippen LogP contribution >= 0.6 is 0 Å². The summed E-state index contributed by atoms with van der Waals surface area (Å²) in [5.74, 6) is 0.638. The second-order valence-corrected chi connectivity index (χ2v) is 6.18. The standard InChI is InChI=1S/C21H22FNO/c1-4-5-17-10-14(2)21(24-3)20-19(17)12-16(13-23-20)11-15-6-8-18(22)9-7-15/h6-10,12-13H,4-5,11H2,1-3H3. The third-order valence-electron chi connectivity index (χ3n) is 4.30. The fourth-order valence-corrected chi connectivity index (χ4v) is 3.19. The molecule has 0 amide bonds. The Morgan fingerprint density at radius 2 is 1.83 bits per heavy atom. The molecule has 0 spiro atoms. The summed E-state index contributed by atoms with van der Waals surface area (Å²) in [7, 11) is 1.69. The molecule has 0 aliphatic carbocycles. The third-order valence-corrected chi connectivity index (χ3v) is 4.30. The van der Waals surface area contributed by atoms with Crippen molar-refractivity contribution in [2.45, 2.75) is 33.1 Å². The van der Waals surface area contributed by atoms with Crippen LogP contribution in [0.15, 0.2) is 42.6 Å². The smallest absolute Gasteiger partial charge is 0.147 e. The van der Waals surface area contributed by atoms with Gasteiger partial charge in [-0.1, -0.05) is 31.5 Å². The number of benzene rings is 2. The number of hydrogen-bond acceptors (Lipinski definition) is 2. The van der Waals surface area contributed by atoms with Gasteiger partial charge in [0.05, 0.1) is 7.11 Å². The van der Waals surface area contributed by atoms with Crippen LogP contribution in [0.25, 0.3) is 10.9 Å². The number of aryl methyl sites for hydroxylation is 2. The molecular formula is C21H22FNO. The van der Waals surface area contributed by atoms with Gasteiger partial charge >= 0.3 is 0 Å². The van der Waals surface area contributed by atoms with Crippen LogP contribution in [0.3, 0.4) is 0 Å². The molecule has 0 fully saturated rings. The normalized spacial score (nSPS) is 11.0. The van der Waals surface area contributed by atoms with Crippen molar-refractivity contribution in [3.63, 3.8) is 0 Å². The maximum Gasteiger partial charge on any atom is 0.147 e. The zero-order valence-corrected chi connectivity index (χ0v) is 14.4. The van der Waals surface area contributed by atoms with Crippen LogP contribution < -0.4 is 4.74 Å². The molecule has 1 heterocycles. The van der Waals surface area contributed by atoms with Gasteiger partial charge in [-0.3, -0.25) is 4.98 Å². The topological polar surface area (TPSA) is 22.1 Å². The number of nitrogens with zero attached hydrogens (tertiary/aromatic N) is 1. The highest BCUT2D eigenvalue weighted by Gasteiger charge is 2.12. The van der Waals surface area contributed by atoms with Crippen molar-refractivity contribution in [2.24, 2.45) is 0 Å². The summed E-state index contributed by atoms with van der Waals surface area (Å²) in [6.45, 7) is 4.24. The van der Waals surface area contributed by atoms with Crippen molar-refractivity contribution in [2.75, 3.05) is 7.11 Å². The molecule has 3 heteroatoms. The van der Waals surface area contributed by atoms with Crippen molar-refractivity contribution in [1.29, 1.82) is 0 Å². The largest absolute Gasteiger partial charge is 0.494 e. The first kappa shape index (κ1) is 16.4. The molecule has 24 heavy (non-hydrogen) atoms. The molecule has 0 saturated heterocycles. The zero-order valence-electron chi connectivity index (χ0n) is 14.4. The van der Waals surface area contributed by atoms with Gasteiger partial charge in [0.15, 0.2) is 0 Å². The Morgan fingerprint density at radius 1 is 1.08 bits per heavy atom. The van der Waals surface area contributed by atoms with Crippen LogP contribution in [0.2, 0.25) is 0 Å².